The van der Waals surface area contributed by atoms with Crippen LogP contribution in [0.5, 0.6) is 11.5 Å². The van der Waals surface area contributed by atoms with Gasteiger partial charge >= 0.3 is 5.97 Å². The zero-order chi connectivity index (χ0) is 18.4. The van der Waals surface area contributed by atoms with Crippen molar-refractivity contribution in [1.82, 2.24) is 0 Å². The monoisotopic (exact) mass is 362 g/mol. The molecule has 0 aliphatic carbocycles. The Bertz CT molecular complexity index is 759. The first-order valence-corrected chi connectivity index (χ1v) is 9.50. The van der Waals surface area contributed by atoms with Gasteiger partial charge in [-0.25, -0.2) is 4.39 Å². The lowest BCUT2D eigenvalue weighted by molar-refractivity contribution is -0.134. The van der Waals surface area contributed by atoms with Gasteiger partial charge in [0.15, 0.2) is 0 Å². The number of hydrogen-bond donors (Lipinski definition) is 0. The van der Waals surface area contributed by atoms with Crippen LogP contribution >= 0.6 is 11.8 Å². The Hall–Kier alpha value is -2.01. The molecular weight excluding hydrogens is 339 g/mol. The van der Waals surface area contributed by atoms with E-state index in [0.29, 0.717) is 29.9 Å². The molecular formula is C20H23FO3S. The summed E-state index contributed by atoms with van der Waals surface area (Å²) in [5.41, 5.74) is 2.34. The number of aryl methyl sites for hydroxylation is 2. The van der Waals surface area contributed by atoms with Crippen LogP contribution in [-0.2, 0) is 17.8 Å². The zero-order valence-electron chi connectivity index (χ0n) is 15.0. The van der Waals surface area contributed by atoms with E-state index in [2.05, 4.69) is 0 Å². The van der Waals surface area contributed by atoms with E-state index in [0.717, 1.165) is 16.0 Å². The van der Waals surface area contributed by atoms with E-state index in [1.807, 2.05) is 38.3 Å². The predicted octanol–water partition coefficient (Wildman–Crippen LogP) is 5.31. The molecule has 134 valence electrons. The molecule has 0 heterocycles. The second-order valence-corrected chi connectivity index (χ2v) is 6.46. The second kappa shape index (κ2) is 8.90. The van der Waals surface area contributed by atoms with Crippen molar-refractivity contribution in [2.75, 3.05) is 6.26 Å². The van der Waals surface area contributed by atoms with Gasteiger partial charge in [-0.3, -0.25) is 4.79 Å². The molecule has 0 aliphatic heterocycles. The Labute approximate surface area is 152 Å². The lowest BCUT2D eigenvalue weighted by Gasteiger charge is -2.16. The van der Waals surface area contributed by atoms with E-state index >= 15 is 0 Å². The Morgan fingerprint density at radius 2 is 1.96 bits per heavy atom. The topological polar surface area (TPSA) is 35.5 Å². The minimum Gasteiger partial charge on any atom is -0.488 e. The van der Waals surface area contributed by atoms with E-state index in [-0.39, 0.29) is 18.4 Å². The molecule has 2 rings (SSSR count). The molecule has 0 spiro atoms. The molecule has 2 aromatic rings. The number of esters is 1. The maximum atomic E-state index is 14.0. The van der Waals surface area contributed by atoms with Crippen LogP contribution in [0, 0.1) is 12.7 Å². The number of benzene rings is 2. The first kappa shape index (κ1) is 19.3. The Balaban J connectivity index is 2.28. The van der Waals surface area contributed by atoms with Gasteiger partial charge in [0.2, 0.25) is 0 Å². The van der Waals surface area contributed by atoms with Gasteiger partial charge in [0.1, 0.15) is 23.9 Å². The van der Waals surface area contributed by atoms with Gasteiger partial charge in [0, 0.05) is 22.9 Å². The zero-order valence-corrected chi connectivity index (χ0v) is 15.8. The Morgan fingerprint density at radius 1 is 1.20 bits per heavy atom. The Morgan fingerprint density at radius 3 is 2.60 bits per heavy atom. The fourth-order valence-corrected chi connectivity index (χ4v) is 3.09. The summed E-state index contributed by atoms with van der Waals surface area (Å²) in [5.74, 6) is 0.424. The van der Waals surface area contributed by atoms with E-state index in [9.17, 15) is 9.18 Å². The summed E-state index contributed by atoms with van der Waals surface area (Å²) in [6.07, 6.45) is 2.89. The molecule has 0 N–H and O–H groups in total. The third kappa shape index (κ3) is 4.75. The van der Waals surface area contributed by atoms with E-state index in [1.54, 1.807) is 24.8 Å². The number of thioether (sulfide) groups is 1. The molecule has 0 radical (unpaired) electrons. The van der Waals surface area contributed by atoms with Crippen molar-refractivity contribution in [2.45, 2.75) is 45.1 Å². The molecule has 0 aliphatic rings. The first-order chi connectivity index (χ1) is 12.0. The van der Waals surface area contributed by atoms with Crippen molar-refractivity contribution in [3.05, 3.63) is 52.8 Å². The normalized spacial score (nSPS) is 10.6. The van der Waals surface area contributed by atoms with E-state index in [4.69, 9.17) is 9.47 Å². The van der Waals surface area contributed by atoms with Crippen molar-refractivity contribution in [2.24, 2.45) is 0 Å². The molecule has 0 bridgehead atoms. The van der Waals surface area contributed by atoms with Gasteiger partial charge in [-0.1, -0.05) is 19.9 Å². The lowest BCUT2D eigenvalue weighted by Crippen LogP contribution is -2.09. The molecule has 0 aromatic heterocycles. The van der Waals surface area contributed by atoms with Gasteiger partial charge in [-0.05, 0) is 48.9 Å². The predicted molar refractivity (Wildman–Crippen MR) is 99.0 cm³/mol. The smallest absolute Gasteiger partial charge is 0.310 e. The van der Waals surface area contributed by atoms with Gasteiger partial charge in [0.25, 0.3) is 0 Å². The maximum absolute atomic E-state index is 14.0. The molecule has 0 unspecified atom stereocenters. The van der Waals surface area contributed by atoms with Crippen molar-refractivity contribution in [3.63, 3.8) is 0 Å². The van der Waals surface area contributed by atoms with Crippen molar-refractivity contribution < 1.29 is 18.7 Å². The number of halogens is 1. The fourth-order valence-electron chi connectivity index (χ4n) is 2.47. The maximum Gasteiger partial charge on any atom is 0.310 e. The van der Waals surface area contributed by atoms with Crippen LogP contribution in [0.4, 0.5) is 4.39 Å². The molecule has 3 nitrogen and oxygen atoms in total. The number of carbonyl (C=O) groups excluding carboxylic acids is 1. The average Bonchev–Trinajstić information content (AvgIpc) is 2.62. The SMILES string of the molecule is CCC(=O)Oc1cccc(SC)c1COc1cc(F)c(CC)cc1C. The highest BCUT2D eigenvalue weighted by Crippen LogP contribution is 2.31. The van der Waals surface area contributed by atoms with Crippen LogP contribution in [0.1, 0.15) is 37.0 Å². The van der Waals surface area contributed by atoms with Crippen molar-refractivity contribution in [1.29, 1.82) is 0 Å². The summed E-state index contributed by atoms with van der Waals surface area (Å²) >= 11 is 1.55. The van der Waals surface area contributed by atoms with Crippen molar-refractivity contribution >= 4 is 17.7 Å². The number of ether oxygens (including phenoxy) is 2. The third-order valence-electron chi connectivity index (χ3n) is 3.92. The highest BCUT2D eigenvalue weighted by molar-refractivity contribution is 7.98. The van der Waals surface area contributed by atoms with Gasteiger partial charge in [0.05, 0.1) is 0 Å². The fraction of sp³-hybridized carbons (Fsp3) is 0.350. The molecule has 0 saturated carbocycles. The highest BCUT2D eigenvalue weighted by Gasteiger charge is 2.14. The minimum atomic E-state index is -0.297. The summed E-state index contributed by atoms with van der Waals surface area (Å²) in [6, 6.07) is 8.77. The van der Waals surface area contributed by atoms with Crippen molar-refractivity contribution in [3.8, 4) is 11.5 Å². The largest absolute Gasteiger partial charge is 0.488 e. The lowest BCUT2D eigenvalue weighted by atomic mass is 10.1. The van der Waals surface area contributed by atoms with Crippen LogP contribution < -0.4 is 9.47 Å². The van der Waals surface area contributed by atoms with Crippen LogP contribution in [0.15, 0.2) is 35.2 Å². The summed E-state index contributed by atoms with van der Waals surface area (Å²) < 4.78 is 25.3. The van der Waals surface area contributed by atoms with Crippen LogP contribution in [0.3, 0.4) is 0 Å². The number of carbonyl (C=O) groups is 1. The van der Waals surface area contributed by atoms with Crippen LogP contribution in [0.2, 0.25) is 0 Å². The molecule has 5 heteroatoms. The number of hydrogen-bond acceptors (Lipinski definition) is 4. The molecule has 0 fully saturated rings. The summed E-state index contributed by atoms with van der Waals surface area (Å²) in [6.45, 7) is 5.77. The molecule has 0 amide bonds. The molecule has 0 saturated heterocycles. The number of rotatable bonds is 7. The van der Waals surface area contributed by atoms with E-state index in [1.165, 1.54) is 6.07 Å². The van der Waals surface area contributed by atoms with Gasteiger partial charge in [-0.15, -0.1) is 11.8 Å². The van der Waals surface area contributed by atoms with Gasteiger partial charge < -0.3 is 9.47 Å². The average molecular weight is 362 g/mol. The van der Waals surface area contributed by atoms with Crippen LogP contribution in [0.25, 0.3) is 0 Å². The Kier molecular flexibility index (Phi) is 6.88. The van der Waals surface area contributed by atoms with Gasteiger partial charge in [-0.2, -0.15) is 0 Å². The third-order valence-corrected chi connectivity index (χ3v) is 4.74. The van der Waals surface area contributed by atoms with Crippen LogP contribution in [-0.4, -0.2) is 12.2 Å². The second-order valence-electron chi connectivity index (χ2n) is 5.62. The molecule has 0 atom stereocenters. The molecule has 25 heavy (non-hydrogen) atoms. The minimum absolute atomic E-state index is 0.203. The first-order valence-electron chi connectivity index (χ1n) is 8.28. The summed E-state index contributed by atoms with van der Waals surface area (Å²) in [4.78, 5) is 12.6. The summed E-state index contributed by atoms with van der Waals surface area (Å²) in [5, 5.41) is 0. The quantitative estimate of drug-likeness (QED) is 0.380. The molecule has 2 aromatic carbocycles. The summed E-state index contributed by atoms with van der Waals surface area (Å²) in [7, 11) is 0. The highest BCUT2D eigenvalue weighted by atomic mass is 32.2. The van der Waals surface area contributed by atoms with E-state index < -0.39 is 0 Å². The standard InChI is InChI=1S/C20H23FO3S/c1-5-14-10-13(3)18(11-16(14)21)23-12-15-17(24-20(22)6-2)8-7-9-19(15)25-4/h7-11H,5-6,12H2,1-4H3.